The third kappa shape index (κ3) is 1.01. The highest BCUT2D eigenvalue weighted by Crippen LogP contribution is 2.21. The molecular weight excluding hydrogens is 136 g/mol. The fraction of sp³-hybridized carbons (Fsp3) is 0.111. The Morgan fingerprint density at radius 1 is 1.27 bits per heavy atom. The molecule has 2 heteroatoms. The molecule has 11 heavy (non-hydrogen) atoms. The van der Waals surface area contributed by atoms with E-state index in [1.54, 1.807) is 0 Å². The van der Waals surface area contributed by atoms with Crippen molar-refractivity contribution in [2.45, 2.75) is 6.42 Å². The van der Waals surface area contributed by atoms with Crippen LogP contribution in [0.1, 0.15) is 11.1 Å². The van der Waals surface area contributed by atoms with Gasteiger partial charge in [0.2, 0.25) is 0 Å². The Labute approximate surface area is 65.7 Å². The molecule has 0 aromatic heterocycles. The minimum Gasteiger partial charge on any atom is -0.328 e. The monoisotopic (exact) mass is 146 g/mol. The molecule has 0 saturated carbocycles. The zero-order valence-corrected chi connectivity index (χ0v) is 6.17. The van der Waals surface area contributed by atoms with Crippen LogP contribution >= 0.6 is 0 Å². The average Bonchev–Trinajstić information content (AvgIpc) is 2.46. The van der Waals surface area contributed by atoms with Crippen molar-refractivity contribution in [3.05, 3.63) is 41.1 Å². The Hall–Kier alpha value is -1.28. The highest BCUT2D eigenvalue weighted by molar-refractivity contribution is 5.62. The van der Waals surface area contributed by atoms with E-state index in [4.69, 9.17) is 5.84 Å². The largest absolute Gasteiger partial charge is 0.328 e. The van der Waals surface area contributed by atoms with Crippen molar-refractivity contribution in [3.8, 4) is 0 Å². The number of benzene rings is 1. The lowest BCUT2D eigenvalue weighted by atomic mass is 10.1. The van der Waals surface area contributed by atoms with E-state index in [0.717, 1.165) is 12.1 Å². The third-order valence-electron chi connectivity index (χ3n) is 1.95. The van der Waals surface area contributed by atoms with E-state index < -0.39 is 0 Å². The summed E-state index contributed by atoms with van der Waals surface area (Å²) in [5, 5.41) is 0. The molecule has 0 unspecified atom stereocenters. The summed E-state index contributed by atoms with van der Waals surface area (Å²) in [6.07, 6.45) is 3.02. The summed E-state index contributed by atoms with van der Waals surface area (Å²) in [6.45, 7) is 0. The summed E-state index contributed by atoms with van der Waals surface area (Å²) in [7, 11) is 0. The van der Waals surface area contributed by atoms with Gasteiger partial charge in [-0.15, -0.1) is 0 Å². The molecule has 0 heterocycles. The van der Waals surface area contributed by atoms with Crippen molar-refractivity contribution in [2.75, 3.05) is 0 Å². The first-order chi connectivity index (χ1) is 5.40. The molecule has 0 amide bonds. The van der Waals surface area contributed by atoms with Gasteiger partial charge in [0.25, 0.3) is 0 Å². The van der Waals surface area contributed by atoms with Crippen LogP contribution in [0.2, 0.25) is 0 Å². The van der Waals surface area contributed by atoms with Gasteiger partial charge in [-0.2, -0.15) is 0 Å². The van der Waals surface area contributed by atoms with Crippen LogP contribution < -0.4 is 11.3 Å². The van der Waals surface area contributed by atoms with Crippen LogP contribution in [-0.2, 0) is 6.42 Å². The number of hydrogen-bond donors (Lipinski definition) is 2. The van der Waals surface area contributed by atoms with Gasteiger partial charge in [-0.25, -0.2) is 0 Å². The molecule has 56 valence electrons. The highest BCUT2D eigenvalue weighted by Gasteiger charge is 2.09. The Morgan fingerprint density at radius 2 is 2.09 bits per heavy atom. The lowest BCUT2D eigenvalue weighted by molar-refractivity contribution is 0.861. The van der Waals surface area contributed by atoms with Gasteiger partial charge in [0.15, 0.2) is 0 Å². The summed E-state index contributed by atoms with van der Waals surface area (Å²) in [4.78, 5) is 0. The maximum atomic E-state index is 5.29. The molecule has 0 saturated heterocycles. The predicted molar refractivity (Wildman–Crippen MR) is 45.4 cm³/mol. The SMILES string of the molecule is NNC1=Cc2ccccc2C1. The molecule has 1 aromatic carbocycles. The Morgan fingerprint density at radius 3 is 2.82 bits per heavy atom. The van der Waals surface area contributed by atoms with Crippen LogP contribution in [0.4, 0.5) is 0 Å². The molecule has 1 aliphatic carbocycles. The number of hydrazine groups is 1. The first kappa shape index (κ1) is 6.43. The number of rotatable bonds is 1. The predicted octanol–water partition coefficient (Wildman–Crippen LogP) is 1.05. The van der Waals surface area contributed by atoms with E-state index in [2.05, 4.69) is 23.6 Å². The molecule has 0 atom stereocenters. The molecule has 2 rings (SSSR count). The van der Waals surface area contributed by atoms with Crippen LogP contribution in [0.3, 0.4) is 0 Å². The standard InChI is InChI=1S/C9H10N2/c10-11-9-5-7-3-1-2-4-8(7)6-9/h1-5,11H,6,10H2. The number of hydrogen-bond acceptors (Lipinski definition) is 2. The second kappa shape index (κ2) is 2.40. The second-order valence-corrected chi connectivity index (χ2v) is 2.69. The molecule has 0 radical (unpaired) electrons. The maximum Gasteiger partial charge on any atom is 0.0309 e. The van der Waals surface area contributed by atoms with Crippen molar-refractivity contribution >= 4 is 6.08 Å². The normalized spacial score (nSPS) is 14.1. The van der Waals surface area contributed by atoms with E-state index in [1.165, 1.54) is 11.1 Å². The lowest BCUT2D eigenvalue weighted by Crippen LogP contribution is -2.20. The maximum absolute atomic E-state index is 5.29. The van der Waals surface area contributed by atoms with Gasteiger partial charge in [-0.1, -0.05) is 24.3 Å². The fourth-order valence-corrected chi connectivity index (χ4v) is 1.37. The van der Waals surface area contributed by atoms with Crippen molar-refractivity contribution in [2.24, 2.45) is 5.84 Å². The second-order valence-electron chi connectivity index (χ2n) is 2.69. The smallest absolute Gasteiger partial charge is 0.0309 e. The van der Waals surface area contributed by atoms with E-state index >= 15 is 0 Å². The molecule has 1 aromatic rings. The molecular formula is C9H10N2. The Kier molecular flexibility index (Phi) is 1.40. The molecule has 3 N–H and O–H groups in total. The van der Waals surface area contributed by atoms with Crippen LogP contribution in [0.25, 0.3) is 6.08 Å². The summed E-state index contributed by atoms with van der Waals surface area (Å²) in [5.41, 5.74) is 6.39. The van der Waals surface area contributed by atoms with Crippen molar-refractivity contribution in [1.29, 1.82) is 0 Å². The number of nitrogens with two attached hydrogens (primary N) is 1. The zero-order chi connectivity index (χ0) is 7.68. The topological polar surface area (TPSA) is 38.0 Å². The molecule has 1 aliphatic rings. The highest BCUT2D eigenvalue weighted by atomic mass is 15.2. The third-order valence-corrected chi connectivity index (χ3v) is 1.95. The molecule has 2 nitrogen and oxygen atoms in total. The molecule has 0 spiro atoms. The van der Waals surface area contributed by atoms with Gasteiger partial charge in [-0.05, 0) is 17.2 Å². The lowest BCUT2D eigenvalue weighted by Gasteiger charge is -1.97. The van der Waals surface area contributed by atoms with Gasteiger partial charge in [0, 0.05) is 12.1 Å². The van der Waals surface area contributed by atoms with Gasteiger partial charge in [0.1, 0.15) is 0 Å². The van der Waals surface area contributed by atoms with E-state index in [0.29, 0.717) is 0 Å². The van der Waals surface area contributed by atoms with Gasteiger partial charge in [-0.3, -0.25) is 5.84 Å². The summed E-state index contributed by atoms with van der Waals surface area (Å²) >= 11 is 0. The van der Waals surface area contributed by atoms with Gasteiger partial charge >= 0.3 is 0 Å². The van der Waals surface area contributed by atoms with E-state index in [1.807, 2.05) is 12.1 Å². The number of allylic oxidation sites excluding steroid dienone is 1. The Bertz CT molecular complexity index is 302. The van der Waals surface area contributed by atoms with Crippen molar-refractivity contribution in [1.82, 2.24) is 5.43 Å². The quantitative estimate of drug-likeness (QED) is 0.459. The number of fused-ring (bicyclic) bond motifs is 1. The van der Waals surface area contributed by atoms with Crippen LogP contribution in [0.15, 0.2) is 30.0 Å². The molecule has 0 bridgehead atoms. The minimum absolute atomic E-state index is 0.937. The van der Waals surface area contributed by atoms with E-state index in [9.17, 15) is 0 Å². The van der Waals surface area contributed by atoms with E-state index in [-0.39, 0.29) is 0 Å². The number of nitrogens with one attached hydrogen (secondary N) is 1. The first-order valence-electron chi connectivity index (χ1n) is 3.65. The molecule has 0 fully saturated rings. The van der Waals surface area contributed by atoms with Crippen molar-refractivity contribution in [3.63, 3.8) is 0 Å². The van der Waals surface area contributed by atoms with Crippen molar-refractivity contribution < 1.29 is 0 Å². The van der Waals surface area contributed by atoms with Gasteiger partial charge in [0.05, 0.1) is 0 Å². The summed E-state index contributed by atoms with van der Waals surface area (Å²) < 4.78 is 0. The van der Waals surface area contributed by atoms with Crippen LogP contribution in [0.5, 0.6) is 0 Å². The summed E-state index contributed by atoms with van der Waals surface area (Å²) in [6, 6.07) is 8.30. The van der Waals surface area contributed by atoms with Crippen LogP contribution in [-0.4, -0.2) is 0 Å². The minimum atomic E-state index is 0.937. The van der Waals surface area contributed by atoms with Crippen LogP contribution in [0, 0.1) is 0 Å². The summed E-state index contributed by atoms with van der Waals surface area (Å²) in [5.74, 6) is 5.29. The Balaban J connectivity index is 2.39. The fourth-order valence-electron chi connectivity index (χ4n) is 1.37. The first-order valence-corrected chi connectivity index (χ1v) is 3.65. The zero-order valence-electron chi connectivity index (χ0n) is 6.17. The van der Waals surface area contributed by atoms with Gasteiger partial charge < -0.3 is 5.43 Å². The molecule has 0 aliphatic heterocycles. The average molecular weight is 146 g/mol.